The van der Waals surface area contributed by atoms with Gasteiger partial charge in [-0.25, -0.2) is 0 Å². The summed E-state index contributed by atoms with van der Waals surface area (Å²) in [4.78, 5) is 28.3. The highest BCUT2D eigenvalue weighted by atomic mass is 35.5. The Morgan fingerprint density at radius 3 is 2.66 bits per heavy atom. The minimum Gasteiger partial charge on any atom is -0.354 e. The Balaban J connectivity index is 1.83. The molecule has 1 N–H and O–H groups in total. The maximum Gasteiger partial charge on any atom is 0.264 e. The number of hydrogen-bond donors (Lipinski definition) is 1. The molecule has 2 aromatic rings. The predicted molar refractivity (Wildman–Crippen MR) is 115 cm³/mol. The van der Waals surface area contributed by atoms with E-state index in [1.54, 1.807) is 36.2 Å². The van der Waals surface area contributed by atoms with E-state index in [0.29, 0.717) is 21.2 Å². The van der Waals surface area contributed by atoms with Gasteiger partial charge in [-0.2, -0.15) is 0 Å². The van der Waals surface area contributed by atoms with E-state index in [0.717, 1.165) is 10.5 Å². The fraction of sp³-hybridized carbons (Fsp3) is 0.238. The maximum atomic E-state index is 12.8. The second-order valence-corrected chi connectivity index (χ2v) is 7.78. The minimum absolute atomic E-state index is 0.154. The fourth-order valence-corrected chi connectivity index (χ4v) is 4.08. The Kier molecular flexibility index (Phi) is 6.97. The van der Waals surface area contributed by atoms with E-state index in [2.05, 4.69) is 5.32 Å². The standard InChI is InChI=1S/C21H21ClN2O4S/c1-24-16-10-14(20(25)23-12-19(27-2)28-3)8-9-17(16)29-18(21(24)26)11-13-6-4-5-7-15(13)22/h4-11,19H,12H2,1-3H3,(H,23,25). The number of methoxy groups -OCH3 is 2. The molecule has 0 unspecified atom stereocenters. The average Bonchev–Trinajstić information content (AvgIpc) is 2.73. The number of amides is 2. The van der Waals surface area contributed by atoms with Crippen LogP contribution in [0.5, 0.6) is 0 Å². The molecule has 152 valence electrons. The van der Waals surface area contributed by atoms with E-state index < -0.39 is 6.29 Å². The number of ether oxygens (including phenoxy) is 2. The van der Waals surface area contributed by atoms with Gasteiger partial charge in [0.05, 0.1) is 17.1 Å². The number of carbonyl (C=O) groups excluding carboxylic acids is 2. The minimum atomic E-state index is -0.520. The summed E-state index contributed by atoms with van der Waals surface area (Å²) >= 11 is 7.57. The maximum absolute atomic E-state index is 12.8. The Hall–Kier alpha value is -2.32. The number of likely N-dealkylation sites (N-methyl/N-ethyl adjacent to an activating group) is 1. The van der Waals surface area contributed by atoms with Crippen LogP contribution >= 0.6 is 23.4 Å². The lowest BCUT2D eigenvalue weighted by molar-refractivity contribution is -0.114. The molecule has 6 nitrogen and oxygen atoms in total. The number of hydrogen-bond acceptors (Lipinski definition) is 5. The number of carbonyl (C=O) groups is 2. The van der Waals surface area contributed by atoms with Crippen LogP contribution in [0.3, 0.4) is 0 Å². The van der Waals surface area contributed by atoms with Gasteiger partial charge >= 0.3 is 0 Å². The van der Waals surface area contributed by atoms with Crippen LogP contribution < -0.4 is 10.2 Å². The van der Waals surface area contributed by atoms with Crippen LogP contribution in [-0.4, -0.2) is 45.9 Å². The van der Waals surface area contributed by atoms with E-state index in [9.17, 15) is 9.59 Å². The van der Waals surface area contributed by atoms with Crippen molar-refractivity contribution in [3.63, 3.8) is 0 Å². The molecule has 0 fully saturated rings. The molecule has 1 aliphatic heterocycles. The summed E-state index contributed by atoms with van der Waals surface area (Å²) in [7, 11) is 4.70. The van der Waals surface area contributed by atoms with Gasteiger partial charge in [0.1, 0.15) is 0 Å². The molecule has 0 radical (unpaired) electrons. The van der Waals surface area contributed by atoms with Crippen LogP contribution in [0.1, 0.15) is 15.9 Å². The lowest BCUT2D eigenvalue weighted by Gasteiger charge is -2.27. The van der Waals surface area contributed by atoms with E-state index >= 15 is 0 Å². The molecule has 2 amide bonds. The second kappa shape index (κ2) is 9.45. The summed E-state index contributed by atoms with van der Waals surface area (Å²) in [6, 6.07) is 12.6. The number of anilines is 1. The smallest absolute Gasteiger partial charge is 0.264 e. The van der Waals surface area contributed by atoms with Crippen molar-refractivity contribution >= 4 is 46.9 Å². The van der Waals surface area contributed by atoms with E-state index in [1.807, 2.05) is 24.3 Å². The molecule has 0 saturated carbocycles. The summed E-state index contributed by atoms with van der Waals surface area (Å²) < 4.78 is 10.1. The van der Waals surface area contributed by atoms with E-state index in [1.165, 1.54) is 26.0 Å². The first kappa shape index (κ1) is 21.4. The molecule has 1 aliphatic rings. The van der Waals surface area contributed by atoms with Gasteiger partial charge in [-0.3, -0.25) is 9.59 Å². The molecule has 0 atom stereocenters. The van der Waals surface area contributed by atoms with Crippen molar-refractivity contribution in [2.24, 2.45) is 0 Å². The van der Waals surface area contributed by atoms with Crippen molar-refractivity contribution in [3.8, 4) is 0 Å². The third-order valence-electron chi connectivity index (χ3n) is 4.46. The first-order valence-electron chi connectivity index (χ1n) is 8.84. The van der Waals surface area contributed by atoms with Crippen molar-refractivity contribution in [1.82, 2.24) is 5.32 Å². The van der Waals surface area contributed by atoms with Gasteiger partial charge in [0.15, 0.2) is 6.29 Å². The zero-order valence-electron chi connectivity index (χ0n) is 16.3. The lowest BCUT2D eigenvalue weighted by Crippen LogP contribution is -2.34. The van der Waals surface area contributed by atoms with E-state index in [4.69, 9.17) is 21.1 Å². The molecule has 0 aliphatic carbocycles. The number of rotatable bonds is 6. The van der Waals surface area contributed by atoms with E-state index in [-0.39, 0.29) is 18.4 Å². The largest absolute Gasteiger partial charge is 0.354 e. The number of nitrogens with zero attached hydrogens (tertiary/aromatic N) is 1. The summed E-state index contributed by atoms with van der Waals surface area (Å²) in [5.41, 5.74) is 1.91. The van der Waals surface area contributed by atoms with Gasteiger partial charge < -0.3 is 19.7 Å². The van der Waals surface area contributed by atoms with Crippen LogP contribution in [0.4, 0.5) is 5.69 Å². The first-order valence-corrected chi connectivity index (χ1v) is 10.0. The lowest BCUT2D eigenvalue weighted by atomic mass is 10.1. The molecule has 0 aromatic heterocycles. The number of fused-ring (bicyclic) bond motifs is 1. The normalized spacial score (nSPS) is 15.0. The monoisotopic (exact) mass is 432 g/mol. The van der Waals surface area contributed by atoms with Crippen molar-refractivity contribution < 1.29 is 19.1 Å². The molecule has 29 heavy (non-hydrogen) atoms. The third-order valence-corrected chi connectivity index (χ3v) is 5.89. The zero-order valence-corrected chi connectivity index (χ0v) is 17.8. The summed E-state index contributed by atoms with van der Waals surface area (Å²) in [6.07, 6.45) is 1.26. The Labute approximate surface area is 178 Å². The quantitative estimate of drug-likeness (QED) is 0.555. The molecular formula is C21H21ClN2O4S. The average molecular weight is 433 g/mol. The van der Waals surface area contributed by atoms with Crippen molar-refractivity contribution in [2.75, 3.05) is 32.7 Å². The molecule has 2 aromatic carbocycles. The predicted octanol–water partition coefficient (Wildman–Crippen LogP) is 3.80. The fourth-order valence-electron chi connectivity index (χ4n) is 2.81. The molecule has 0 spiro atoms. The molecule has 1 heterocycles. The van der Waals surface area contributed by atoms with Crippen molar-refractivity contribution in [2.45, 2.75) is 11.2 Å². The molecule has 3 rings (SSSR count). The van der Waals surface area contributed by atoms with Crippen LogP contribution in [0.2, 0.25) is 5.02 Å². The molecular weight excluding hydrogens is 412 g/mol. The Morgan fingerprint density at radius 1 is 1.24 bits per heavy atom. The van der Waals surface area contributed by atoms with Crippen LogP contribution in [-0.2, 0) is 14.3 Å². The summed E-state index contributed by atoms with van der Waals surface area (Å²) in [6.45, 7) is 0.219. The number of halogens is 1. The second-order valence-electron chi connectivity index (χ2n) is 6.29. The van der Waals surface area contributed by atoms with Gasteiger partial charge in [0.25, 0.3) is 11.8 Å². The molecule has 0 bridgehead atoms. The highest BCUT2D eigenvalue weighted by molar-refractivity contribution is 8.04. The van der Waals surface area contributed by atoms with Crippen LogP contribution in [0.25, 0.3) is 6.08 Å². The highest BCUT2D eigenvalue weighted by Crippen LogP contribution is 2.42. The van der Waals surface area contributed by atoms with Gasteiger partial charge in [0, 0.05) is 36.7 Å². The highest BCUT2D eigenvalue weighted by Gasteiger charge is 2.27. The Morgan fingerprint density at radius 2 is 1.97 bits per heavy atom. The SMILES string of the molecule is COC(CNC(=O)c1ccc2c(c1)N(C)C(=O)C(=Cc1ccccc1Cl)S2)OC. The number of thioether (sulfide) groups is 1. The van der Waals surface area contributed by atoms with Gasteiger partial charge in [0.2, 0.25) is 0 Å². The third kappa shape index (κ3) is 4.82. The molecule has 8 heteroatoms. The van der Waals surface area contributed by atoms with Gasteiger partial charge in [-0.05, 0) is 35.9 Å². The first-order chi connectivity index (χ1) is 13.9. The topological polar surface area (TPSA) is 67.9 Å². The van der Waals surface area contributed by atoms with Gasteiger partial charge in [-0.15, -0.1) is 0 Å². The van der Waals surface area contributed by atoms with Crippen molar-refractivity contribution in [3.05, 3.63) is 63.5 Å². The van der Waals surface area contributed by atoms with Gasteiger partial charge in [-0.1, -0.05) is 41.6 Å². The van der Waals surface area contributed by atoms with Crippen LogP contribution in [0, 0.1) is 0 Å². The molecule has 0 saturated heterocycles. The number of benzene rings is 2. The van der Waals surface area contributed by atoms with Crippen LogP contribution in [0.15, 0.2) is 52.3 Å². The summed E-state index contributed by atoms with van der Waals surface area (Å²) in [5, 5.41) is 3.34. The number of nitrogens with one attached hydrogen (secondary N) is 1. The zero-order chi connectivity index (χ0) is 21.0. The Bertz CT molecular complexity index is 959. The summed E-state index contributed by atoms with van der Waals surface area (Å²) in [5.74, 6) is -0.422. The van der Waals surface area contributed by atoms with Crippen molar-refractivity contribution in [1.29, 1.82) is 0 Å².